The Balaban J connectivity index is 1.86. The number of amides is 2. The van der Waals surface area contributed by atoms with Crippen LogP contribution in [0.1, 0.15) is 12.8 Å². The minimum absolute atomic E-state index is 0.102. The zero-order valence-corrected chi connectivity index (χ0v) is 11.5. The van der Waals surface area contributed by atoms with Crippen molar-refractivity contribution in [1.29, 1.82) is 0 Å². The lowest BCUT2D eigenvalue weighted by Gasteiger charge is -2.29. The summed E-state index contributed by atoms with van der Waals surface area (Å²) in [6, 6.07) is 2.21. The average Bonchev–Trinajstić information content (AvgIpc) is 2.49. The Hall–Kier alpha value is -2.45. The lowest BCUT2D eigenvalue weighted by atomic mass is 9.97. The molecule has 0 unspecified atom stereocenters. The molecule has 0 radical (unpaired) electrons. The third-order valence-corrected chi connectivity index (χ3v) is 3.33. The number of carbonyl (C=O) groups is 2. The molecule has 0 saturated carbocycles. The molecule has 2 heterocycles. The summed E-state index contributed by atoms with van der Waals surface area (Å²) in [6.07, 6.45) is 1.88. The monoisotopic (exact) mass is 315 g/mol. The molecule has 1 aliphatic heterocycles. The molecule has 2 N–H and O–H groups in total. The van der Waals surface area contributed by atoms with Gasteiger partial charge in [-0.3, -0.25) is 10.1 Å². The van der Waals surface area contributed by atoms with Gasteiger partial charge in [-0.25, -0.2) is 9.78 Å². The maximum atomic E-state index is 12.0. The molecule has 0 aromatic carbocycles. The number of rotatable bonds is 4. The van der Waals surface area contributed by atoms with Crippen molar-refractivity contribution < 1.29 is 28.2 Å². The number of carbonyl (C=O) groups excluding carboxylic acids is 1. The fourth-order valence-electron chi connectivity index (χ4n) is 2.14. The van der Waals surface area contributed by atoms with Crippen molar-refractivity contribution in [2.75, 3.05) is 18.4 Å². The normalized spacial score (nSPS) is 15.7. The molecule has 22 heavy (non-hydrogen) atoms. The van der Waals surface area contributed by atoms with Gasteiger partial charge >= 0.3 is 18.6 Å². The van der Waals surface area contributed by atoms with Crippen molar-refractivity contribution in [2.45, 2.75) is 19.5 Å². The van der Waals surface area contributed by atoms with E-state index in [0.717, 1.165) is 6.20 Å². The number of halogens is 2. The summed E-state index contributed by atoms with van der Waals surface area (Å²) in [4.78, 5) is 28.1. The van der Waals surface area contributed by atoms with Crippen molar-refractivity contribution in [3.05, 3.63) is 18.3 Å². The third kappa shape index (κ3) is 4.27. The molecule has 0 spiro atoms. The highest BCUT2D eigenvalue weighted by Gasteiger charge is 2.27. The van der Waals surface area contributed by atoms with Gasteiger partial charge in [0.1, 0.15) is 11.6 Å². The second-order valence-electron chi connectivity index (χ2n) is 4.79. The molecule has 0 bridgehead atoms. The molecule has 120 valence electrons. The second-order valence-corrected chi connectivity index (χ2v) is 4.79. The van der Waals surface area contributed by atoms with Crippen LogP contribution in [-0.2, 0) is 4.79 Å². The first kappa shape index (κ1) is 15.9. The van der Waals surface area contributed by atoms with E-state index < -0.39 is 24.5 Å². The summed E-state index contributed by atoms with van der Waals surface area (Å²) in [6.45, 7) is -2.25. The van der Waals surface area contributed by atoms with Crippen molar-refractivity contribution in [2.24, 2.45) is 5.92 Å². The van der Waals surface area contributed by atoms with E-state index >= 15 is 0 Å². The average molecular weight is 315 g/mol. The van der Waals surface area contributed by atoms with Gasteiger partial charge in [0, 0.05) is 13.1 Å². The van der Waals surface area contributed by atoms with Gasteiger partial charge < -0.3 is 14.7 Å². The van der Waals surface area contributed by atoms with E-state index in [1.165, 1.54) is 17.0 Å². The Morgan fingerprint density at radius 1 is 1.36 bits per heavy atom. The number of nitrogens with one attached hydrogen (secondary N) is 1. The minimum Gasteiger partial charge on any atom is -0.481 e. The molecule has 0 atom stereocenters. The summed E-state index contributed by atoms with van der Waals surface area (Å²) < 4.78 is 28.1. The Bertz CT molecular complexity index is 531. The molecule has 9 heteroatoms. The molecule has 1 aliphatic rings. The molecule has 2 amide bonds. The van der Waals surface area contributed by atoms with E-state index in [2.05, 4.69) is 15.0 Å². The number of likely N-dealkylation sites (tertiary alicyclic amines) is 1. The number of anilines is 1. The molecular formula is C13H15F2N3O4. The zero-order valence-electron chi connectivity index (χ0n) is 11.5. The van der Waals surface area contributed by atoms with Gasteiger partial charge in [-0.1, -0.05) is 0 Å². The maximum absolute atomic E-state index is 12.0. The van der Waals surface area contributed by atoms with Crippen LogP contribution in [0.2, 0.25) is 0 Å². The van der Waals surface area contributed by atoms with Crippen LogP contribution in [0.15, 0.2) is 18.3 Å². The van der Waals surface area contributed by atoms with E-state index in [-0.39, 0.29) is 11.6 Å². The predicted molar refractivity (Wildman–Crippen MR) is 71.8 cm³/mol. The lowest BCUT2D eigenvalue weighted by molar-refractivity contribution is -0.143. The molecular weight excluding hydrogens is 300 g/mol. The highest BCUT2D eigenvalue weighted by molar-refractivity contribution is 5.88. The number of hydrogen-bond donors (Lipinski definition) is 2. The predicted octanol–water partition coefficient (Wildman–Crippen LogP) is 2.01. The smallest absolute Gasteiger partial charge is 0.387 e. The van der Waals surface area contributed by atoms with E-state index in [1.807, 2.05) is 0 Å². The van der Waals surface area contributed by atoms with Crippen molar-refractivity contribution in [3.63, 3.8) is 0 Å². The first-order chi connectivity index (χ1) is 10.5. The number of urea groups is 1. The maximum Gasteiger partial charge on any atom is 0.387 e. The van der Waals surface area contributed by atoms with Crippen LogP contribution < -0.4 is 10.1 Å². The Kier molecular flexibility index (Phi) is 5.08. The summed E-state index contributed by atoms with van der Waals surface area (Å²) in [5.74, 6) is -1.17. The highest BCUT2D eigenvalue weighted by atomic mass is 19.3. The molecule has 1 saturated heterocycles. The van der Waals surface area contributed by atoms with Gasteiger partial charge in [0.05, 0.1) is 12.1 Å². The van der Waals surface area contributed by atoms with Crippen LogP contribution in [0.3, 0.4) is 0 Å². The topological polar surface area (TPSA) is 91.8 Å². The summed E-state index contributed by atoms with van der Waals surface area (Å²) in [5.41, 5.74) is 0. The molecule has 1 aromatic heterocycles. The van der Waals surface area contributed by atoms with Crippen LogP contribution in [0, 0.1) is 5.92 Å². The van der Waals surface area contributed by atoms with Crippen molar-refractivity contribution >= 4 is 17.8 Å². The minimum atomic E-state index is -2.93. The standard InChI is InChI=1S/C13H15F2N3O4/c14-12(15)22-9-1-2-10(16-7-9)17-13(21)18-5-3-8(4-6-18)11(19)20/h1-2,7-8,12H,3-6H2,(H,19,20)(H,16,17,21). The zero-order chi connectivity index (χ0) is 16.1. The molecule has 1 fully saturated rings. The van der Waals surface area contributed by atoms with E-state index in [1.54, 1.807) is 0 Å². The number of nitrogens with zero attached hydrogens (tertiary/aromatic N) is 2. The van der Waals surface area contributed by atoms with Crippen LogP contribution in [-0.4, -0.2) is 46.7 Å². The number of alkyl halides is 2. The first-order valence-electron chi connectivity index (χ1n) is 6.65. The Morgan fingerprint density at radius 2 is 2.05 bits per heavy atom. The summed E-state index contributed by atoms with van der Waals surface area (Å²) in [5, 5.41) is 11.4. The molecule has 1 aromatic rings. The second kappa shape index (κ2) is 7.01. The van der Waals surface area contributed by atoms with Gasteiger partial charge in [0.25, 0.3) is 0 Å². The lowest BCUT2D eigenvalue weighted by Crippen LogP contribution is -2.42. The number of carboxylic acid groups (broad SMARTS) is 1. The SMILES string of the molecule is O=C(O)C1CCN(C(=O)Nc2ccc(OC(F)F)cn2)CC1. The van der Waals surface area contributed by atoms with Crippen LogP contribution >= 0.6 is 0 Å². The van der Waals surface area contributed by atoms with Crippen molar-refractivity contribution in [1.82, 2.24) is 9.88 Å². The van der Waals surface area contributed by atoms with Crippen molar-refractivity contribution in [3.8, 4) is 5.75 Å². The molecule has 7 nitrogen and oxygen atoms in total. The first-order valence-corrected chi connectivity index (χ1v) is 6.65. The third-order valence-electron chi connectivity index (χ3n) is 3.33. The fraction of sp³-hybridized carbons (Fsp3) is 0.462. The van der Waals surface area contributed by atoms with Gasteiger partial charge in [-0.2, -0.15) is 8.78 Å². The number of pyridine rings is 1. The summed E-state index contributed by atoms with van der Waals surface area (Å²) >= 11 is 0. The van der Waals surface area contributed by atoms with Crippen LogP contribution in [0.25, 0.3) is 0 Å². The number of ether oxygens (including phenoxy) is 1. The van der Waals surface area contributed by atoms with Crippen LogP contribution in [0.4, 0.5) is 19.4 Å². The summed E-state index contributed by atoms with van der Waals surface area (Å²) in [7, 11) is 0. The number of aromatic nitrogens is 1. The number of piperidine rings is 1. The van der Waals surface area contributed by atoms with Gasteiger partial charge in [-0.15, -0.1) is 0 Å². The largest absolute Gasteiger partial charge is 0.481 e. The van der Waals surface area contributed by atoms with E-state index in [0.29, 0.717) is 25.9 Å². The number of aliphatic carboxylic acids is 1. The highest BCUT2D eigenvalue weighted by Crippen LogP contribution is 2.19. The van der Waals surface area contributed by atoms with Gasteiger partial charge in [-0.05, 0) is 25.0 Å². The van der Waals surface area contributed by atoms with Gasteiger partial charge in [0.15, 0.2) is 0 Å². The number of carboxylic acids is 1. The Labute approximate surface area is 124 Å². The fourth-order valence-corrected chi connectivity index (χ4v) is 2.14. The van der Waals surface area contributed by atoms with Crippen LogP contribution in [0.5, 0.6) is 5.75 Å². The van der Waals surface area contributed by atoms with E-state index in [4.69, 9.17) is 5.11 Å². The van der Waals surface area contributed by atoms with E-state index in [9.17, 15) is 18.4 Å². The molecule has 2 rings (SSSR count). The Morgan fingerprint density at radius 3 is 2.55 bits per heavy atom. The molecule has 0 aliphatic carbocycles. The number of hydrogen-bond acceptors (Lipinski definition) is 4. The van der Waals surface area contributed by atoms with Gasteiger partial charge in [0.2, 0.25) is 0 Å². The quantitative estimate of drug-likeness (QED) is 0.887.